The third kappa shape index (κ3) is 3.72. The van der Waals surface area contributed by atoms with Gasteiger partial charge < -0.3 is 14.6 Å². The van der Waals surface area contributed by atoms with Crippen LogP contribution in [0.1, 0.15) is 35.9 Å². The summed E-state index contributed by atoms with van der Waals surface area (Å²) < 4.78 is 11.3. The van der Waals surface area contributed by atoms with E-state index >= 15 is 0 Å². The highest BCUT2D eigenvalue weighted by atomic mass is 16.5. The second-order valence-electron chi connectivity index (χ2n) is 6.36. The highest BCUT2D eigenvalue weighted by Gasteiger charge is 2.25. The van der Waals surface area contributed by atoms with Crippen molar-refractivity contribution in [2.45, 2.75) is 32.3 Å². The average molecular weight is 351 g/mol. The monoisotopic (exact) mass is 351 g/mol. The first-order chi connectivity index (χ1) is 12.8. The van der Waals surface area contributed by atoms with Gasteiger partial charge in [0.25, 0.3) is 0 Å². The molecule has 7 nitrogen and oxygen atoms in total. The van der Waals surface area contributed by atoms with E-state index in [0.717, 1.165) is 49.4 Å². The Hall–Kier alpha value is -2.80. The molecule has 0 saturated carbocycles. The number of hydrogen-bond acceptors (Lipinski definition) is 7. The van der Waals surface area contributed by atoms with E-state index in [-0.39, 0.29) is 6.10 Å². The molecule has 3 aromatic rings. The summed E-state index contributed by atoms with van der Waals surface area (Å²) in [6, 6.07) is 5.92. The Kier molecular flexibility index (Phi) is 4.88. The number of hydrogen-bond donors (Lipinski definition) is 1. The molecule has 0 aliphatic carbocycles. The van der Waals surface area contributed by atoms with Gasteiger partial charge >= 0.3 is 0 Å². The molecule has 134 valence electrons. The lowest BCUT2D eigenvalue weighted by molar-refractivity contribution is 0.109. The van der Waals surface area contributed by atoms with E-state index in [4.69, 9.17) is 14.2 Å². The lowest BCUT2D eigenvalue weighted by Gasteiger charge is -2.14. The van der Waals surface area contributed by atoms with Gasteiger partial charge in [0.15, 0.2) is 5.76 Å². The molecule has 0 radical (unpaired) electrons. The topological polar surface area (TPSA) is 86.0 Å². The van der Waals surface area contributed by atoms with Gasteiger partial charge in [-0.2, -0.15) is 0 Å². The van der Waals surface area contributed by atoms with Gasteiger partial charge in [0.05, 0.1) is 17.0 Å². The molecular weight excluding hydrogens is 330 g/mol. The van der Waals surface area contributed by atoms with E-state index in [0.29, 0.717) is 11.7 Å². The minimum atomic E-state index is -0.0286. The summed E-state index contributed by atoms with van der Waals surface area (Å²) >= 11 is 0. The molecular formula is C19H21N5O2. The van der Waals surface area contributed by atoms with Crippen molar-refractivity contribution in [1.29, 1.82) is 0 Å². The fraction of sp³-hybridized carbons (Fsp3) is 0.368. The van der Waals surface area contributed by atoms with Crippen molar-refractivity contribution in [3.05, 3.63) is 53.7 Å². The van der Waals surface area contributed by atoms with Crippen LogP contribution >= 0.6 is 0 Å². The van der Waals surface area contributed by atoms with Crippen LogP contribution in [-0.2, 0) is 11.2 Å². The van der Waals surface area contributed by atoms with Crippen LogP contribution in [0.15, 0.2) is 41.3 Å². The normalized spacial score (nSPS) is 16.7. The third-order valence-electron chi connectivity index (χ3n) is 4.39. The summed E-state index contributed by atoms with van der Waals surface area (Å²) in [5, 5.41) is 7.27. The van der Waals surface area contributed by atoms with Gasteiger partial charge in [-0.15, -0.1) is 0 Å². The molecule has 1 aliphatic rings. The number of nitrogens with zero attached hydrogens (tertiary/aromatic N) is 4. The number of pyridine rings is 1. The molecule has 7 heteroatoms. The molecule has 1 fully saturated rings. The molecule has 0 amide bonds. The average Bonchev–Trinajstić information content (AvgIpc) is 3.34. The highest BCUT2D eigenvalue weighted by Crippen LogP contribution is 2.34. The van der Waals surface area contributed by atoms with Gasteiger partial charge in [0, 0.05) is 37.8 Å². The summed E-state index contributed by atoms with van der Waals surface area (Å²) in [5.41, 5.74) is 3.76. The highest BCUT2D eigenvalue weighted by molar-refractivity contribution is 5.61. The fourth-order valence-corrected chi connectivity index (χ4v) is 3.07. The second kappa shape index (κ2) is 7.61. The molecule has 26 heavy (non-hydrogen) atoms. The Balaban J connectivity index is 1.53. The van der Waals surface area contributed by atoms with Crippen molar-refractivity contribution < 1.29 is 9.26 Å². The van der Waals surface area contributed by atoms with E-state index in [1.54, 1.807) is 18.6 Å². The second-order valence-corrected chi connectivity index (χ2v) is 6.36. The minimum absolute atomic E-state index is 0.0286. The van der Waals surface area contributed by atoms with Crippen molar-refractivity contribution in [3.63, 3.8) is 0 Å². The SMILES string of the molecule is Cc1cc(-c2cnc(NCCc3ccncc3)nc2C2CCCO2)on1. The third-order valence-corrected chi connectivity index (χ3v) is 4.39. The number of ether oxygens (including phenoxy) is 1. The van der Waals surface area contributed by atoms with Crippen molar-refractivity contribution in [2.24, 2.45) is 0 Å². The Morgan fingerprint density at radius 2 is 2.15 bits per heavy atom. The lowest BCUT2D eigenvalue weighted by Crippen LogP contribution is -2.11. The predicted octanol–water partition coefficient (Wildman–Crippen LogP) is 3.34. The van der Waals surface area contributed by atoms with E-state index < -0.39 is 0 Å². The molecule has 0 aromatic carbocycles. The molecule has 4 heterocycles. The quantitative estimate of drug-likeness (QED) is 0.729. The van der Waals surface area contributed by atoms with Crippen LogP contribution in [0, 0.1) is 6.92 Å². The maximum atomic E-state index is 5.85. The number of rotatable bonds is 6. The van der Waals surface area contributed by atoms with Gasteiger partial charge in [-0.05, 0) is 43.9 Å². The van der Waals surface area contributed by atoms with Crippen molar-refractivity contribution in [1.82, 2.24) is 20.1 Å². The Morgan fingerprint density at radius 1 is 1.27 bits per heavy atom. The molecule has 4 rings (SSSR count). The van der Waals surface area contributed by atoms with E-state index in [1.165, 1.54) is 5.56 Å². The first-order valence-corrected chi connectivity index (χ1v) is 8.84. The zero-order valence-electron chi connectivity index (χ0n) is 14.7. The van der Waals surface area contributed by atoms with Gasteiger partial charge in [0.1, 0.15) is 6.10 Å². The Bertz CT molecular complexity index is 859. The predicted molar refractivity (Wildman–Crippen MR) is 96.6 cm³/mol. The minimum Gasteiger partial charge on any atom is -0.372 e. The van der Waals surface area contributed by atoms with E-state index in [1.807, 2.05) is 25.1 Å². The zero-order chi connectivity index (χ0) is 17.8. The standard InChI is InChI=1S/C19H21N5O2/c1-13-11-17(26-24-13)15-12-22-19(23-18(15)16-3-2-10-25-16)21-9-6-14-4-7-20-8-5-14/h4-5,7-8,11-12,16H,2-3,6,9-10H2,1H3,(H,21,22,23). The smallest absolute Gasteiger partial charge is 0.222 e. The van der Waals surface area contributed by atoms with E-state index in [2.05, 4.69) is 20.4 Å². The molecule has 0 spiro atoms. The largest absolute Gasteiger partial charge is 0.372 e. The number of anilines is 1. The van der Waals surface area contributed by atoms with Gasteiger partial charge in [-0.3, -0.25) is 4.98 Å². The fourth-order valence-electron chi connectivity index (χ4n) is 3.07. The Morgan fingerprint density at radius 3 is 2.88 bits per heavy atom. The van der Waals surface area contributed by atoms with Crippen LogP contribution < -0.4 is 5.32 Å². The summed E-state index contributed by atoms with van der Waals surface area (Å²) in [4.78, 5) is 13.2. The van der Waals surface area contributed by atoms with Crippen LogP contribution in [0.4, 0.5) is 5.95 Å². The maximum absolute atomic E-state index is 5.85. The molecule has 1 N–H and O–H groups in total. The molecule has 3 aromatic heterocycles. The molecule has 1 unspecified atom stereocenters. The van der Waals surface area contributed by atoms with Crippen molar-refractivity contribution >= 4 is 5.95 Å². The Labute approximate surface area is 151 Å². The van der Waals surface area contributed by atoms with Crippen LogP contribution in [-0.4, -0.2) is 33.3 Å². The van der Waals surface area contributed by atoms with Gasteiger partial charge in [0.2, 0.25) is 5.95 Å². The van der Waals surface area contributed by atoms with Crippen molar-refractivity contribution in [3.8, 4) is 11.3 Å². The molecule has 0 bridgehead atoms. The number of aromatic nitrogens is 4. The summed E-state index contributed by atoms with van der Waals surface area (Å²) in [7, 11) is 0. The summed E-state index contributed by atoms with van der Waals surface area (Å²) in [6.45, 7) is 3.40. The first-order valence-electron chi connectivity index (χ1n) is 8.84. The van der Waals surface area contributed by atoms with Crippen molar-refractivity contribution in [2.75, 3.05) is 18.5 Å². The first kappa shape index (κ1) is 16.7. The number of nitrogens with one attached hydrogen (secondary N) is 1. The van der Waals surface area contributed by atoms with Gasteiger partial charge in [-0.25, -0.2) is 9.97 Å². The zero-order valence-corrected chi connectivity index (χ0v) is 14.7. The van der Waals surface area contributed by atoms with Gasteiger partial charge in [-0.1, -0.05) is 5.16 Å². The maximum Gasteiger partial charge on any atom is 0.222 e. The van der Waals surface area contributed by atoms with E-state index in [9.17, 15) is 0 Å². The van der Waals surface area contributed by atoms with Crippen LogP contribution in [0.25, 0.3) is 11.3 Å². The van der Waals surface area contributed by atoms with Crippen LogP contribution in [0.3, 0.4) is 0 Å². The van der Waals surface area contributed by atoms with Crippen LogP contribution in [0.5, 0.6) is 0 Å². The lowest BCUT2D eigenvalue weighted by atomic mass is 10.1. The molecule has 1 saturated heterocycles. The van der Waals surface area contributed by atoms with Crippen LogP contribution in [0.2, 0.25) is 0 Å². The molecule has 1 aliphatic heterocycles. The number of aryl methyl sites for hydroxylation is 1. The summed E-state index contributed by atoms with van der Waals surface area (Å²) in [5.74, 6) is 1.28. The molecule has 1 atom stereocenters. The summed E-state index contributed by atoms with van der Waals surface area (Å²) in [6.07, 6.45) is 8.23.